The summed E-state index contributed by atoms with van der Waals surface area (Å²) >= 11 is 0. The summed E-state index contributed by atoms with van der Waals surface area (Å²) < 4.78 is 0. The van der Waals surface area contributed by atoms with Gasteiger partial charge in [-0.15, -0.1) is 0 Å². The van der Waals surface area contributed by atoms with Crippen LogP contribution >= 0.6 is 0 Å². The molecule has 0 bridgehead atoms. The molecule has 0 saturated heterocycles. The van der Waals surface area contributed by atoms with E-state index in [0.717, 1.165) is 12.1 Å². The summed E-state index contributed by atoms with van der Waals surface area (Å²) in [5.41, 5.74) is -1.03. The quantitative estimate of drug-likeness (QED) is 0.729. The first-order valence-electron chi connectivity index (χ1n) is 4.75. The summed E-state index contributed by atoms with van der Waals surface area (Å²) in [6.45, 7) is 1.57. The highest BCUT2D eigenvalue weighted by atomic mass is 16.4. The molecule has 0 aliphatic heterocycles. The molecule has 1 aromatic rings. The number of carbonyl (C=O) groups is 3. The number of hydrogen-bond donors (Lipinski definition) is 3. The predicted octanol–water partition coefficient (Wildman–Crippen LogP) is 1.34. The molecule has 0 saturated carbocycles. The summed E-state index contributed by atoms with van der Waals surface area (Å²) in [6.07, 6.45) is 0.129. The molecule has 1 rings (SSSR count). The largest absolute Gasteiger partial charge is 0.478 e. The summed E-state index contributed by atoms with van der Waals surface area (Å²) in [5, 5.41) is 26.7. The van der Waals surface area contributed by atoms with E-state index in [4.69, 9.17) is 15.3 Å². The molecule has 0 unspecified atom stereocenters. The van der Waals surface area contributed by atoms with Crippen LogP contribution in [0.1, 0.15) is 43.6 Å². The fourth-order valence-electron chi connectivity index (χ4n) is 1.64. The maximum atomic E-state index is 11.0. The summed E-state index contributed by atoms with van der Waals surface area (Å²) in [5.74, 6) is -4.11. The Bertz CT molecular complexity index is 503. The average Bonchev–Trinajstić information content (AvgIpc) is 2.26. The van der Waals surface area contributed by atoms with Crippen molar-refractivity contribution in [1.82, 2.24) is 0 Å². The normalized spacial score (nSPS) is 9.94. The predicted molar refractivity (Wildman–Crippen MR) is 56.7 cm³/mol. The topological polar surface area (TPSA) is 112 Å². The molecule has 0 heterocycles. The van der Waals surface area contributed by atoms with Crippen LogP contribution in [0.15, 0.2) is 12.1 Å². The SMILES string of the molecule is CCc1c(C(=O)O)ccc(C(=O)O)c1C(=O)O. The van der Waals surface area contributed by atoms with Gasteiger partial charge in [-0.25, -0.2) is 14.4 Å². The van der Waals surface area contributed by atoms with E-state index in [0.29, 0.717) is 0 Å². The lowest BCUT2D eigenvalue weighted by Crippen LogP contribution is -2.15. The fraction of sp³-hybridized carbons (Fsp3) is 0.182. The Kier molecular flexibility index (Phi) is 3.47. The zero-order valence-corrected chi connectivity index (χ0v) is 8.93. The molecule has 0 aliphatic carbocycles. The minimum absolute atomic E-state index is 0.0184. The molecule has 0 amide bonds. The Labute approximate surface area is 96.1 Å². The van der Waals surface area contributed by atoms with Gasteiger partial charge in [-0.2, -0.15) is 0 Å². The van der Waals surface area contributed by atoms with Gasteiger partial charge in [0.25, 0.3) is 0 Å². The van der Waals surface area contributed by atoms with Crippen molar-refractivity contribution in [2.75, 3.05) is 0 Å². The third-order valence-corrected chi connectivity index (χ3v) is 2.34. The van der Waals surface area contributed by atoms with Gasteiger partial charge >= 0.3 is 17.9 Å². The van der Waals surface area contributed by atoms with Crippen molar-refractivity contribution in [2.45, 2.75) is 13.3 Å². The van der Waals surface area contributed by atoms with Crippen LogP contribution in [-0.2, 0) is 6.42 Å². The molecule has 0 fully saturated rings. The van der Waals surface area contributed by atoms with Crippen molar-refractivity contribution in [3.8, 4) is 0 Å². The average molecular weight is 238 g/mol. The van der Waals surface area contributed by atoms with Crippen molar-refractivity contribution in [1.29, 1.82) is 0 Å². The molecule has 0 atom stereocenters. The molecule has 6 heteroatoms. The zero-order valence-electron chi connectivity index (χ0n) is 8.93. The zero-order chi connectivity index (χ0) is 13.2. The van der Waals surface area contributed by atoms with Gasteiger partial charge in [0, 0.05) is 0 Å². The van der Waals surface area contributed by atoms with Crippen LogP contribution in [0.25, 0.3) is 0 Å². The smallest absolute Gasteiger partial charge is 0.336 e. The van der Waals surface area contributed by atoms with Crippen LogP contribution in [0, 0.1) is 0 Å². The van der Waals surface area contributed by atoms with E-state index < -0.39 is 29.0 Å². The lowest BCUT2D eigenvalue weighted by atomic mass is 9.94. The first-order valence-corrected chi connectivity index (χ1v) is 4.75. The van der Waals surface area contributed by atoms with Crippen molar-refractivity contribution in [2.24, 2.45) is 0 Å². The van der Waals surface area contributed by atoms with Crippen molar-refractivity contribution >= 4 is 17.9 Å². The van der Waals surface area contributed by atoms with Crippen LogP contribution in [0.5, 0.6) is 0 Å². The number of aromatic carboxylic acids is 3. The second-order valence-corrected chi connectivity index (χ2v) is 3.28. The van der Waals surface area contributed by atoms with E-state index in [1.165, 1.54) is 0 Å². The standard InChI is InChI=1S/C11H10O6/c1-2-5-6(9(12)13)3-4-7(10(14)15)8(5)11(16)17/h3-4H,2H2,1H3,(H,12,13)(H,14,15)(H,16,17). The van der Waals surface area contributed by atoms with Gasteiger partial charge < -0.3 is 15.3 Å². The van der Waals surface area contributed by atoms with Crippen LogP contribution in [0.2, 0.25) is 0 Å². The molecule has 17 heavy (non-hydrogen) atoms. The van der Waals surface area contributed by atoms with Gasteiger partial charge in [-0.1, -0.05) is 6.92 Å². The molecular formula is C11H10O6. The second kappa shape index (κ2) is 4.65. The Balaban J connectivity index is 3.67. The van der Waals surface area contributed by atoms with Crippen molar-refractivity contribution in [3.05, 3.63) is 34.4 Å². The van der Waals surface area contributed by atoms with E-state index in [9.17, 15) is 14.4 Å². The van der Waals surface area contributed by atoms with E-state index in [1.54, 1.807) is 6.92 Å². The lowest BCUT2D eigenvalue weighted by Gasteiger charge is -2.10. The molecule has 0 aromatic heterocycles. The third-order valence-electron chi connectivity index (χ3n) is 2.34. The molecule has 90 valence electrons. The molecule has 3 N–H and O–H groups in total. The van der Waals surface area contributed by atoms with Crippen molar-refractivity contribution < 1.29 is 29.7 Å². The number of rotatable bonds is 4. The van der Waals surface area contributed by atoms with Crippen molar-refractivity contribution in [3.63, 3.8) is 0 Å². The van der Waals surface area contributed by atoms with E-state index in [1.807, 2.05) is 0 Å². The molecule has 0 spiro atoms. The number of hydrogen-bond acceptors (Lipinski definition) is 3. The van der Waals surface area contributed by atoms with Gasteiger partial charge in [0.1, 0.15) is 0 Å². The lowest BCUT2D eigenvalue weighted by molar-refractivity contribution is 0.0647. The molecular weight excluding hydrogens is 228 g/mol. The van der Waals surface area contributed by atoms with Crippen LogP contribution in [0.3, 0.4) is 0 Å². The third kappa shape index (κ3) is 2.25. The first kappa shape index (κ1) is 12.7. The van der Waals surface area contributed by atoms with Crippen LogP contribution < -0.4 is 0 Å². The molecule has 0 radical (unpaired) electrons. The van der Waals surface area contributed by atoms with E-state index >= 15 is 0 Å². The Morgan fingerprint density at radius 2 is 1.41 bits per heavy atom. The molecule has 6 nitrogen and oxygen atoms in total. The highest BCUT2D eigenvalue weighted by Gasteiger charge is 2.23. The van der Waals surface area contributed by atoms with Gasteiger partial charge in [0.15, 0.2) is 0 Å². The molecule has 1 aromatic carbocycles. The maximum Gasteiger partial charge on any atom is 0.336 e. The highest BCUT2D eigenvalue weighted by molar-refractivity contribution is 6.05. The number of benzene rings is 1. The second-order valence-electron chi connectivity index (χ2n) is 3.28. The van der Waals surface area contributed by atoms with E-state index in [2.05, 4.69) is 0 Å². The highest BCUT2D eigenvalue weighted by Crippen LogP contribution is 2.21. The van der Waals surface area contributed by atoms with Gasteiger partial charge in [-0.3, -0.25) is 0 Å². The summed E-state index contributed by atoms with van der Waals surface area (Å²) in [4.78, 5) is 32.8. The number of carboxylic acid groups (broad SMARTS) is 3. The van der Waals surface area contributed by atoms with Crippen LogP contribution in [-0.4, -0.2) is 33.2 Å². The molecule has 0 aliphatic rings. The monoisotopic (exact) mass is 238 g/mol. The van der Waals surface area contributed by atoms with Gasteiger partial charge in [0.05, 0.1) is 16.7 Å². The number of carboxylic acids is 3. The Morgan fingerprint density at radius 3 is 1.76 bits per heavy atom. The van der Waals surface area contributed by atoms with E-state index in [-0.39, 0.29) is 17.5 Å². The fourth-order valence-corrected chi connectivity index (χ4v) is 1.64. The minimum atomic E-state index is -1.44. The summed E-state index contributed by atoms with van der Waals surface area (Å²) in [7, 11) is 0. The Hall–Kier alpha value is -2.37. The maximum absolute atomic E-state index is 11.0. The van der Waals surface area contributed by atoms with Crippen LogP contribution in [0.4, 0.5) is 0 Å². The van der Waals surface area contributed by atoms with Gasteiger partial charge in [-0.05, 0) is 24.1 Å². The summed E-state index contributed by atoms with van der Waals surface area (Å²) in [6, 6.07) is 2.10. The first-order chi connectivity index (χ1) is 7.90. The van der Waals surface area contributed by atoms with Gasteiger partial charge in [0.2, 0.25) is 0 Å². The Morgan fingerprint density at radius 1 is 0.941 bits per heavy atom. The minimum Gasteiger partial charge on any atom is -0.478 e.